The highest BCUT2D eigenvalue weighted by molar-refractivity contribution is 6.30. The minimum Gasteiger partial charge on any atom is -0.491 e. The van der Waals surface area contributed by atoms with Gasteiger partial charge in [0.25, 0.3) is 0 Å². The van der Waals surface area contributed by atoms with Crippen molar-refractivity contribution in [3.8, 4) is 5.75 Å². The molecule has 0 aliphatic rings. The van der Waals surface area contributed by atoms with Gasteiger partial charge in [-0.2, -0.15) is 0 Å². The molecule has 0 fully saturated rings. The summed E-state index contributed by atoms with van der Waals surface area (Å²) in [7, 11) is 0. The Bertz CT molecular complexity index is 619. The van der Waals surface area contributed by atoms with Gasteiger partial charge in [-0.1, -0.05) is 23.7 Å². The molecule has 3 nitrogen and oxygen atoms in total. The Balaban J connectivity index is 2.39. The molecule has 2 aromatic rings. The number of rotatable bonds is 5. The number of ether oxygens (including phenoxy) is 1. The molecule has 1 atom stereocenters. The fourth-order valence-corrected chi connectivity index (χ4v) is 2.32. The van der Waals surface area contributed by atoms with E-state index < -0.39 is 6.04 Å². The van der Waals surface area contributed by atoms with Crippen LogP contribution in [0.1, 0.15) is 31.0 Å². The van der Waals surface area contributed by atoms with Gasteiger partial charge < -0.3 is 4.74 Å². The monoisotopic (exact) mass is 308 g/mol. The Labute approximate surface area is 128 Å². The Kier molecular flexibility index (Phi) is 5.17. The SMILES string of the molecule is CC(C)Oc1cccc(C(NN)c2cc(Cl)ccc2F)c1. The lowest BCUT2D eigenvalue weighted by Crippen LogP contribution is -2.29. The van der Waals surface area contributed by atoms with Crippen LogP contribution in [0.15, 0.2) is 42.5 Å². The van der Waals surface area contributed by atoms with Crippen molar-refractivity contribution in [2.75, 3.05) is 0 Å². The van der Waals surface area contributed by atoms with E-state index in [0.29, 0.717) is 16.3 Å². The molecule has 3 N–H and O–H groups in total. The highest BCUT2D eigenvalue weighted by atomic mass is 35.5. The molecule has 2 rings (SSSR count). The normalized spacial score (nSPS) is 12.5. The molecule has 21 heavy (non-hydrogen) atoms. The van der Waals surface area contributed by atoms with Gasteiger partial charge in [-0.05, 0) is 49.7 Å². The number of halogens is 2. The lowest BCUT2D eigenvalue weighted by atomic mass is 9.98. The molecule has 0 bridgehead atoms. The molecular weight excluding hydrogens is 291 g/mol. The first-order chi connectivity index (χ1) is 10.0. The van der Waals surface area contributed by atoms with E-state index in [1.165, 1.54) is 12.1 Å². The average molecular weight is 309 g/mol. The molecular formula is C16H18ClFN2O. The van der Waals surface area contributed by atoms with E-state index in [2.05, 4.69) is 5.43 Å². The zero-order chi connectivity index (χ0) is 15.4. The van der Waals surface area contributed by atoms with Crippen LogP contribution < -0.4 is 16.0 Å². The third kappa shape index (κ3) is 3.94. The van der Waals surface area contributed by atoms with Crippen molar-refractivity contribution in [1.82, 2.24) is 5.43 Å². The predicted molar refractivity (Wildman–Crippen MR) is 82.8 cm³/mol. The first-order valence-electron chi connectivity index (χ1n) is 6.69. The van der Waals surface area contributed by atoms with Gasteiger partial charge in [0.1, 0.15) is 11.6 Å². The third-order valence-electron chi connectivity index (χ3n) is 3.00. The summed E-state index contributed by atoms with van der Waals surface area (Å²) in [5.41, 5.74) is 3.83. The maximum atomic E-state index is 14.0. The molecule has 0 saturated carbocycles. The van der Waals surface area contributed by atoms with Crippen LogP contribution in [0.4, 0.5) is 4.39 Å². The molecule has 0 heterocycles. The van der Waals surface area contributed by atoms with Crippen molar-refractivity contribution >= 4 is 11.6 Å². The molecule has 1 unspecified atom stereocenters. The highest BCUT2D eigenvalue weighted by Crippen LogP contribution is 2.28. The molecule has 112 valence electrons. The first kappa shape index (κ1) is 15.8. The smallest absolute Gasteiger partial charge is 0.128 e. The van der Waals surface area contributed by atoms with E-state index in [1.54, 1.807) is 6.07 Å². The van der Waals surface area contributed by atoms with Gasteiger partial charge in [0.2, 0.25) is 0 Å². The summed E-state index contributed by atoms with van der Waals surface area (Å²) in [4.78, 5) is 0. The summed E-state index contributed by atoms with van der Waals surface area (Å²) in [5, 5.41) is 0.459. The molecule has 0 saturated heterocycles. The van der Waals surface area contributed by atoms with Gasteiger partial charge in [0.05, 0.1) is 12.1 Å². The fourth-order valence-electron chi connectivity index (χ4n) is 2.14. The van der Waals surface area contributed by atoms with E-state index in [0.717, 1.165) is 5.56 Å². The van der Waals surface area contributed by atoms with Gasteiger partial charge in [-0.25, -0.2) is 9.82 Å². The van der Waals surface area contributed by atoms with Crippen LogP contribution in [0.25, 0.3) is 0 Å². The van der Waals surface area contributed by atoms with Gasteiger partial charge in [-0.15, -0.1) is 0 Å². The largest absolute Gasteiger partial charge is 0.491 e. The van der Waals surface area contributed by atoms with E-state index in [1.807, 2.05) is 38.1 Å². The first-order valence-corrected chi connectivity index (χ1v) is 7.06. The quantitative estimate of drug-likeness (QED) is 0.652. The van der Waals surface area contributed by atoms with E-state index in [9.17, 15) is 4.39 Å². The van der Waals surface area contributed by atoms with E-state index >= 15 is 0 Å². The minimum absolute atomic E-state index is 0.0624. The van der Waals surface area contributed by atoms with Crippen LogP contribution >= 0.6 is 11.6 Å². The summed E-state index contributed by atoms with van der Waals surface area (Å²) in [5.74, 6) is 5.96. The molecule has 5 heteroatoms. The fraction of sp³-hybridized carbons (Fsp3) is 0.250. The molecule has 0 spiro atoms. The number of hydrogen-bond acceptors (Lipinski definition) is 3. The van der Waals surface area contributed by atoms with Crippen molar-refractivity contribution in [3.63, 3.8) is 0 Å². The number of hydrazine groups is 1. The predicted octanol–water partition coefficient (Wildman–Crippen LogP) is 3.82. The molecule has 0 aliphatic carbocycles. The number of nitrogens with two attached hydrogens (primary N) is 1. The number of benzene rings is 2. The van der Waals surface area contributed by atoms with Crippen molar-refractivity contribution in [3.05, 3.63) is 64.4 Å². The summed E-state index contributed by atoms with van der Waals surface area (Å²) in [6.07, 6.45) is 0.0624. The highest BCUT2D eigenvalue weighted by Gasteiger charge is 2.17. The lowest BCUT2D eigenvalue weighted by molar-refractivity contribution is 0.242. The van der Waals surface area contributed by atoms with Crippen LogP contribution in [-0.2, 0) is 0 Å². The second-order valence-electron chi connectivity index (χ2n) is 5.00. The molecule has 0 amide bonds. The van der Waals surface area contributed by atoms with Gasteiger partial charge in [0, 0.05) is 10.6 Å². The Hall–Kier alpha value is -1.62. The summed E-state index contributed by atoms with van der Waals surface area (Å²) < 4.78 is 19.7. The van der Waals surface area contributed by atoms with Crippen LogP contribution in [0.2, 0.25) is 5.02 Å². The van der Waals surface area contributed by atoms with Crippen LogP contribution in [0.5, 0.6) is 5.75 Å². The molecule has 0 aromatic heterocycles. The maximum Gasteiger partial charge on any atom is 0.128 e. The maximum absolute atomic E-state index is 14.0. The standard InChI is InChI=1S/C16H18ClFN2O/c1-10(2)21-13-5-3-4-11(8-13)16(20-19)14-9-12(17)6-7-15(14)18/h3-10,16,20H,19H2,1-2H3. The Morgan fingerprint density at radius 1 is 1.19 bits per heavy atom. The minimum atomic E-state index is -0.501. The topological polar surface area (TPSA) is 47.3 Å². The molecule has 0 aliphatic heterocycles. The lowest BCUT2D eigenvalue weighted by Gasteiger charge is -2.19. The summed E-state index contributed by atoms with van der Waals surface area (Å²) in [6.45, 7) is 3.89. The second kappa shape index (κ2) is 6.89. The van der Waals surface area contributed by atoms with E-state index in [4.69, 9.17) is 22.2 Å². The molecule has 2 aromatic carbocycles. The second-order valence-corrected chi connectivity index (χ2v) is 5.44. The van der Waals surface area contributed by atoms with Crippen LogP contribution in [0.3, 0.4) is 0 Å². The van der Waals surface area contributed by atoms with Gasteiger partial charge in [0.15, 0.2) is 0 Å². The van der Waals surface area contributed by atoms with Crippen molar-refractivity contribution in [2.45, 2.75) is 26.0 Å². The Morgan fingerprint density at radius 3 is 2.62 bits per heavy atom. The zero-order valence-electron chi connectivity index (χ0n) is 11.9. The average Bonchev–Trinajstić information content (AvgIpc) is 2.43. The van der Waals surface area contributed by atoms with Gasteiger partial charge >= 0.3 is 0 Å². The number of hydrogen-bond donors (Lipinski definition) is 2. The number of nitrogens with one attached hydrogen (secondary N) is 1. The molecule has 0 radical (unpaired) electrons. The van der Waals surface area contributed by atoms with Crippen molar-refractivity contribution < 1.29 is 9.13 Å². The van der Waals surface area contributed by atoms with Crippen LogP contribution in [0, 0.1) is 5.82 Å². The van der Waals surface area contributed by atoms with Crippen molar-refractivity contribution in [2.24, 2.45) is 5.84 Å². The Morgan fingerprint density at radius 2 is 1.95 bits per heavy atom. The zero-order valence-corrected chi connectivity index (χ0v) is 12.7. The van der Waals surface area contributed by atoms with Crippen LogP contribution in [-0.4, -0.2) is 6.10 Å². The van der Waals surface area contributed by atoms with E-state index in [-0.39, 0.29) is 11.9 Å². The van der Waals surface area contributed by atoms with Gasteiger partial charge in [-0.3, -0.25) is 5.84 Å². The summed E-state index contributed by atoms with van der Waals surface area (Å²) in [6, 6.07) is 11.3. The van der Waals surface area contributed by atoms with Crippen molar-refractivity contribution in [1.29, 1.82) is 0 Å². The summed E-state index contributed by atoms with van der Waals surface area (Å²) >= 11 is 5.95. The third-order valence-corrected chi connectivity index (χ3v) is 3.23.